The van der Waals surface area contributed by atoms with Gasteiger partial charge in [0.05, 0.1) is 0 Å². The highest BCUT2D eigenvalue weighted by Gasteiger charge is 2.06. The van der Waals surface area contributed by atoms with Crippen molar-refractivity contribution in [1.82, 2.24) is 10.3 Å². The lowest BCUT2D eigenvalue weighted by molar-refractivity contribution is 0.576. The third-order valence-corrected chi connectivity index (χ3v) is 4.27. The van der Waals surface area contributed by atoms with E-state index in [1.807, 2.05) is 12.4 Å². The Labute approximate surface area is 133 Å². The molecule has 106 valence electrons. The fourth-order valence-corrected chi connectivity index (χ4v) is 2.74. The first-order valence-electron chi connectivity index (χ1n) is 7.04. The molecule has 0 aliphatic heterocycles. The second kappa shape index (κ2) is 6.37. The molecule has 1 N–H and O–H groups in total. The minimum absolute atomic E-state index is 0.315. The second-order valence-corrected chi connectivity index (χ2v) is 6.08. The number of pyridine rings is 1. The van der Waals surface area contributed by atoms with Crippen LogP contribution in [0.3, 0.4) is 0 Å². The van der Waals surface area contributed by atoms with Crippen molar-refractivity contribution in [2.45, 2.75) is 19.5 Å². The molecule has 0 aliphatic rings. The summed E-state index contributed by atoms with van der Waals surface area (Å²) < 4.78 is 1.11. The Morgan fingerprint density at radius 2 is 1.90 bits per heavy atom. The van der Waals surface area contributed by atoms with Gasteiger partial charge < -0.3 is 5.32 Å². The van der Waals surface area contributed by atoms with E-state index in [0.717, 1.165) is 11.0 Å². The number of benzene rings is 2. The molecule has 0 fully saturated rings. The van der Waals surface area contributed by atoms with Crippen LogP contribution in [0.2, 0.25) is 0 Å². The summed E-state index contributed by atoms with van der Waals surface area (Å²) in [5.74, 6) is 0. The number of rotatable bonds is 4. The summed E-state index contributed by atoms with van der Waals surface area (Å²) in [5.41, 5.74) is 2.60. The van der Waals surface area contributed by atoms with Crippen molar-refractivity contribution in [3.63, 3.8) is 0 Å². The van der Waals surface area contributed by atoms with E-state index in [0.29, 0.717) is 6.04 Å². The van der Waals surface area contributed by atoms with E-state index in [9.17, 15) is 0 Å². The van der Waals surface area contributed by atoms with Gasteiger partial charge in [0.2, 0.25) is 0 Å². The lowest BCUT2D eigenvalue weighted by Gasteiger charge is -2.15. The molecule has 0 radical (unpaired) electrons. The summed E-state index contributed by atoms with van der Waals surface area (Å²) >= 11 is 3.47. The Hall–Kier alpha value is -1.71. The molecule has 0 amide bonds. The van der Waals surface area contributed by atoms with Crippen molar-refractivity contribution in [2.24, 2.45) is 0 Å². The van der Waals surface area contributed by atoms with E-state index in [-0.39, 0.29) is 0 Å². The van der Waals surface area contributed by atoms with Gasteiger partial charge in [0.15, 0.2) is 0 Å². The summed E-state index contributed by atoms with van der Waals surface area (Å²) in [7, 11) is 0. The maximum absolute atomic E-state index is 4.18. The first kappa shape index (κ1) is 14.2. The average molecular weight is 341 g/mol. The molecule has 1 aromatic heterocycles. The van der Waals surface area contributed by atoms with Gasteiger partial charge in [0.1, 0.15) is 0 Å². The number of nitrogens with one attached hydrogen (secondary N) is 1. The fourth-order valence-electron chi connectivity index (χ4n) is 2.48. The zero-order valence-electron chi connectivity index (χ0n) is 11.9. The van der Waals surface area contributed by atoms with E-state index in [1.54, 1.807) is 0 Å². The van der Waals surface area contributed by atoms with Gasteiger partial charge >= 0.3 is 0 Å². The number of halogens is 1. The van der Waals surface area contributed by atoms with Crippen molar-refractivity contribution in [2.75, 3.05) is 0 Å². The monoisotopic (exact) mass is 340 g/mol. The first-order chi connectivity index (χ1) is 10.2. The van der Waals surface area contributed by atoms with E-state index >= 15 is 0 Å². The molecule has 3 heteroatoms. The lowest BCUT2D eigenvalue weighted by Crippen LogP contribution is -2.18. The molecular weight excluding hydrogens is 324 g/mol. The second-order valence-electron chi connectivity index (χ2n) is 5.17. The minimum Gasteiger partial charge on any atom is -0.306 e. The molecular formula is C18H17BrN2. The van der Waals surface area contributed by atoms with Gasteiger partial charge in [-0.1, -0.05) is 46.3 Å². The maximum Gasteiger partial charge on any atom is 0.0346 e. The van der Waals surface area contributed by atoms with Crippen molar-refractivity contribution in [3.8, 4) is 0 Å². The first-order valence-corrected chi connectivity index (χ1v) is 7.84. The maximum atomic E-state index is 4.18. The largest absolute Gasteiger partial charge is 0.306 e. The van der Waals surface area contributed by atoms with Crippen LogP contribution in [-0.2, 0) is 6.54 Å². The van der Waals surface area contributed by atoms with Crippen LogP contribution in [0.1, 0.15) is 24.1 Å². The van der Waals surface area contributed by atoms with Gasteiger partial charge in [-0.05, 0) is 41.6 Å². The van der Waals surface area contributed by atoms with Gasteiger partial charge in [-0.2, -0.15) is 0 Å². The number of nitrogens with zero attached hydrogens (tertiary/aromatic N) is 1. The number of fused-ring (bicyclic) bond motifs is 1. The minimum atomic E-state index is 0.315. The van der Waals surface area contributed by atoms with Gasteiger partial charge in [-0.3, -0.25) is 4.98 Å². The quantitative estimate of drug-likeness (QED) is 0.734. The number of aromatic nitrogens is 1. The van der Waals surface area contributed by atoms with Crippen molar-refractivity contribution in [1.29, 1.82) is 0 Å². The number of hydrogen-bond donors (Lipinski definition) is 1. The highest BCUT2D eigenvalue weighted by Crippen LogP contribution is 2.20. The molecule has 21 heavy (non-hydrogen) atoms. The highest BCUT2D eigenvalue weighted by atomic mass is 79.9. The van der Waals surface area contributed by atoms with Gasteiger partial charge in [-0.15, -0.1) is 0 Å². The summed E-state index contributed by atoms with van der Waals surface area (Å²) in [6.45, 7) is 3.04. The van der Waals surface area contributed by atoms with Crippen LogP contribution in [0.25, 0.3) is 10.8 Å². The van der Waals surface area contributed by atoms with Crippen LogP contribution in [-0.4, -0.2) is 4.98 Å². The Kier molecular flexibility index (Phi) is 4.32. The Morgan fingerprint density at radius 1 is 1.10 bits per heavy atom. The molecule has 0 saturated heterocycles. The predicted molar refractivity (Wildman–Crippen MR) is 91.1 cm³/mol. The molecule has 0 spiro atoms. The van der Waals surface area contributed by atoms with Crippen molar-refractivity contribution in [3.05, 3.63) is 76.5 Å². The standard InChI is InChI=1S/C18H17BrN2/c1-13(14-5-7-17(19)8-6-14)21-12-16-4-2-3-15-11-20-10-9-18(15)16/h2-11,13,21H,12H2,1H3. The van der Waals surface area contributed by atoms with E-state index in [4.69, 9.17) is 0 Å². The molecule has 3 rings (SSSR count). The van der Waals surface area contributed by atoms with Crippen LogP contribution in [0, 0.1) is 0 Å². The van der Waals surface area contributed by atoms with Crippen LogP contribution < -0.4 is 5.32 Å². The van der Waals surface area contributed by atoms with Gasteiger partial charge in [0, 0.05) is 34.8 Å². The van der Waals surface area contributed by atoms with Crippen molar-refractivity contribution < 1.29 is 0 Å². The van der Waals surface area contributed by atoms with E-state index < -0.39 is 0 Å². The topological polar surface area (TPSA) is 24.9 Å². The SMILES string of the molecule is CC(NCc1cccc2cnccc12)c1ccc(Br)cc1. The normalized spacial score (nSPS) is 12.5. The van der Waals surface area contributed by atoms with Crippen LogP contribution in [0.15, 0.2) is 65.4 Å². The van der Waals surface area contributed by atoms with Crippen LogP contribution in [0.5, 0.6) is 0 Å². The molecule has 2 nitrogen and oxygen atoms in total. The fraction of sp³-hybridized carbons (Fsp3) is 0.167. The summed E-state index contributed by atoms with van der Waals surface area (Å²) in [4.78, 5) is 4.18. The van der Waals surface area contributed by atoms with E-state index in [1.165, 1.54) is 21.9 Å². The lowest BCUT2D eigenvalue weighted by atomic mass is 10.1. The van der Waals surface area contributed by atoms with Crippen molar-refractivity contribution >= 4 is 26.7 Å². The zero-order valence-corrected chi connectivity index (χ0v) is 13.5. The molecule has 0 bridgehead atoms. The third-order valence-electron chi connectivity index (χ3n) is 3.74. The molecule has 0 aliphatic carbocycles. The Morgan fingerprint density at radius 3 is 2.71 bits per heavy atom. The average Bonchev–Trinajstić information content (AvgIpc) is 2.53. The van der Waals surface area contributed by atoms with Gasteiger partial charge in [0.25, 0.3) is 0 Å². The highest BCUT2D eigenvalue weighted by molar-refractivity contribution is 9.10. The van der Waals surface area contributed by atoms with Gasteiger partial charge in [-0.25, -0.2) is 0 Å². The molecule has 2 aromatic carbocycles. The van der Waals surface area contributed by atoms with Crippen LogP contribution in [0.4, 0.5) is 0 Å². The van der Waals surface area contributed by atoms with Crippen LogP contribution >= 0.6 is 15.9 Å². The van der Waals surface area contributed by atoms with E-state index in [2.05, 4.69) is 81.7 Å². The summed E-state index contributed by atoms with van der Waals surface area (Å²) in [5, 5.41) is 6.05. The summed E-state index contributed by atoms with van der Waals surface area (Å²) in [6, 6.07) is 17.2. The number of hydrogen-bond acceptors (Lipinski definition) is 2. The predicted octanol–water partition coefficient (Wildman–Crippen LogP) is 4.85. The summed E-state index contributed by atoms with van der Waals surface area (Å²) in [6.07, 6.45) is 3.76. The molecule has 1 unspecified atom stereocenters. The Balaban J connectivity index is 1.76. The Bertz CT molecular complexity index is 732. The smallest absolute Gasteiger partial charge is 0.0346 e. The molecule has 1 atom stereocenters. The zero-order chi connectivity index (χ0) is 14.7. The molecule has 1 heterocycles. The third kappa shape index (κ3) is 3.31. The molecule has 3 aromatic rings. The molecule has 0 saturated carbocycles.